The van der Waals surface area contributed by atoms with E-state index in [1.165, 1.54) is 11.8 Å². The number of hydrogen-bond acceptors (Lipinski definition) is 4. The molecular formula is C6H11NO2S3. The third kappa shape index (κ3) is 2.91. The second-order valence-corrected chi connectivity index (χ2v) is 6.45. The number of hydrogen-bond donors (Lipinski definition) is 1. The van der Waals surface area contributed by atoms with Crippen LogP contribution in [0.4, 0.5) is 0 Å². The largest absolute Gasteiger partial charge is 0.367 e. The molecule has 0 radical (unpaired) electrons. The van der Waals surface area contributed by atoms with Gasteiger partial charge in [-0.1, -0.05) is 12.2 Å². The number of thioether (sulfide) groups is 1. The Morgan fingerprint density at radius 2 is 2.33 bits per heavy atom. The molecule has 0 aromatic carbocycles. The van der Waals surface area contributed by atoms with Gasteiger partial charge in [0.25, 0.3) is 0 Å². The fourth-order valence-electron chi connectivity index (χ4n) is 1.13. The molecule has 0 unspecified atom stereocenters. The van der Waals surface area contributed by atoms with Crippen molar-refractivity contribution in [2.45, 2.75) is 12.5 Å². The summed E-state index contributed by atoms with van der Waals surface area (Å²) in [6.07, 6.45) is 2.56. The third-order valence-corrected chi connectivity index (χ3v) is 4.61. The molecule has 0 spiro atoms. The maximum Gasteiger partial charge on any atom is 0.152 e. The van der Waals surface area contributed by atoms with Gasteiger partial charge in [0.15, 0.2) is 9.84 Å². The molecule has 0 amide bonds. The zero-order valence-corrected chi connectivity index (χ0v) is 9.19. The standard InChI is InChI=1S/C6H11NO2S3/c1-11-6(10)7-5-2-3-12(8,9)4-5/h5H,2-4H2,1H3,(H,7,10)/t5-/m1/s1. The minimum atomic E-state index is -2.78. The van der Waals surface area contributed by atoms with Crippen LogP contribution in [0, 0.1) is 0 Å². The fraction of sp³-hybridized carbons (Fsp3) is 0.833. The number of thiocarbonyl (C=S) groups is 1. The van der Waals surface area contributed by atoms with Gasteiger partial charge in [0, 0.05) is 6.04 Å². The van der Waals surface area contributed by atoms with E-state index in [4.69, 9.17) is 12.2 Å². The highest BCUT2D eigenvalue weighted by Crippen LogP contribution is 2.12. The van der Waals surface area contributed by atoms with Gasteiger partial charge in [0.1, 0.15) is 4.32 Å². The highest BCUT2D eigenvalue weighted by molar-refractivity contribution is 8.22. The van der Waals surface area contributed by atoms with Crippen LogP contribution in [0.15, 0.2) is 0 Å². The van der Waals surface area contributed by atoms with Crippen molar-refractivity contribution in [3.63, 3.8) is 0 Å². The van der Waals surface area contributed by atoms with Crippen molar-refractivity contribution < 1.29 is 8.42 Å². The average Bonchev–Trinajstić information content (AvgIpc) is 2.30. The summed E-state index contributed by atoms with van der Waals surface area (Å²) < 4.78 is 22.7. The number of rotatable bonds is 1. The topological polar surface area (TPSA) is 46.2 Å². The van der Waals surface area contributed by atoms with Crippen molar-refractivity contribution in [1.82, 2.24) is 5.32 Å². The van der Waals surface area contributed by atoms with Crippen molar-refractivity contribution in [2.24, 2.45) is 0 Å². The van der Waals surface area contributed by atoms with E-state index in [1.807, 2.05) is 6.26 Å². The van der Waals surface area contributed by atoms with E-state index in [0.717, 1.165) is 0 Å². The number of sulfone groups is 1. The molecule has 12 heavy (non-hydrogen) atoms. The van der Waals surface area contributed by atoms with Crippen LogP contribution in [0.25, 0.3) is 0 Å². The highest BCUT2D eigenvalue weighted by atomic mass is 32.2. The monoisotopic (exact) mass is 225 g/mol. The van der Waals surface area contributed by atoms with E-state index >= 15 is 0 Å². The minimum Gasteiger partial charge on any atom is -0.367 e. The summed E-state index contributed by atoms with van der Waals surface area (Å²) in [7, 11) is -2.78. The Hall–Kier alpha value is 0.190. The Morgan fingerprint density at radius 3 is 2.75 bits per heavy atom. The Labute approximate surface area is 82.2 Å². The fourth-order valence-corrected chi connectivity index (χ4v) is 3.26. The summed E-state index contributed by atoms with van der Waals surface area (Å²) in [5.41, 5.74) is 0. The molecule has 0 bridgehead atoms. The van der Waals surface area contributed by atoms with E-state index < -0.39 is 9.84 Å². The lowest BCUT2D eigenvalue weighted by molar-refractivity contribution is 0.600. The summed E-state index contributed by atoms with van der Waals surface area (Å²) in [4.78, 5) is 0. The molecular weight excluding hydrogens is 214 g/mol. The lowest BCUT2D eigenvalue weighted by atomic mass is 10.3. The van der Waals surface area contributed by atoms with Crippen LogP contribution >= 0.6 is 24.0 Å². The molecule has 70 valence electrons. The zero-order valence-electron chi connectivity index (χ0n) is 6.74. The molecule has 0 aliphatic carbocycles. The Morgan fingerprint density at radius 1 is 1.67 bits per heavy atom. The molecule has 1 aliphatic heterocycles. The molecule has 6 heteroatoms. The smallest absolute Gasteiger partial charge is 0.152 e. The van der Waals surface area contributed by atoms with Gasteiger partial charge in [-0.15, -0.1) is 11.8 Å². The van der Waals surface area contributed by atoms with E-state index in [-0.39, 0.29) is 11.8 Å². The average molecular weight is 225 g/mol. The summed E-state index contributed by atoms with van der Waals surface area (Å²) in [6.45, 7) is 0. The van der Waals surface area contributed by atoms with E-state index in [2.05, 4.69) is 5.32 Å². The molecule has 1 fully saturated rings. The first-order valence-corrected chi connectivity index (χ1v) is 7.04. The maximum absolute atomic E-state index is 11.0. The molecule has 1 N–H and O–H groups in total. The van der Waals surface area contributed by atoms with Crippen LogP contribution in [0.2, 0.25) is 0 Å². The SMILES string of the molecule is CSC(=S)N[C@@H]1CCS(=O)(=O)C1. The van der Waals surface area contributed by atoms with Crippen molar-refractivity contribution in [3.05, 3.63) is 0 Å². The van der Waals surface area contributed by atoms with Crippen molar-refractivity contribution in [3.8, 4) is 0 Å². The molecule has 0 saturated carbocycles. The lowest BCUT2D eigenvalue weighted by Gasteiger charge is -2.10. The van der Waals surface area contributed by atoms with Gasteiger partial charge >= 0.3 is 0 Å². The van der Waals surface area contributed by atoms with Crippen LogP contribution in [0.5, 0.6) is 0 Å². The Balaban J connectivity index is 2.43. The first kappa shape index (κ1) is 10.3. The van der Waals surface area contributed by atoms with Gasteiger partial charge in [-0.3, -0.25) is 0 Å². The molecule has 1 aliphatic rings. The summed E-state index contributed by atoms with van der Waals surface area (Å²) >= 11 is 6.36. The predicted molar refractivity (Wildman–Crippen MR) is 56.3 cm³/mol. The second-order valence-electron chi connectivity index (χ2n) is 2.74. The quantitative estimate of drug-likeness (QED) is 0.655. The van der Waals surface area contributed by atoms with Crippen LogP contribution < -0.4 is 5.32 Å². The molecule has 1 saturated heterocycles. The Kier molecular flexibility index (Phi) is 3.37. The lowest BCUT2D eigenvalue weighted by Crippen LogP contribution is -2.32. The highest BCUT2D eigenvalue weighted by Gasteiger charge is 2.27. The molecule has 0 aromatic heterocycles. The summed E-state index contributed by atoms with van der Waals surface area (Å²) in [6, 6.07) is 0.0370. The van der Waals surface area contributed by atoms with Crippen LogP contribution in [0.3, 0.4) is 0 Å². The van der Waals surface area contributed by atoms with Gasteiger partial charge in [-0.2, -0.15) is 0 Å². The Bertz CT molecular complexity index is 273. The van der Waals surface area contributed by atoms with Gasteiger partial charge in [0.05, 0.1) is 11.5 Å². The number of nitrogens with one attached hydrogen (secondary N) is 1. The zero-order chi connectivity index (χ0) is 9.19. The van der Waals surface area contributed by atoms with E-state index in [9.17, 15) is 8.42 Å². The van der Waals surface area contributed by atoms with Crippen molar-refractivity contribution >= 4 is 38.1 Å². The first-order valence-electron chi connectivity index (χ1n) is 3.58. The maximum atomic E-state index is 11.0. The predicted octanol–water partition coefficient (Wildman–Crippen LogP) is 0.411. The molecule has 0 aromatic rings. The second kappa shape index (κ2) is 3.93. The molecule has 3 nitrogen and oxygen atoms in total. The van der Waals surface area contributed by atoms with Crippen LogP contribution in [-0.4, -0.2) is 36.5 Å². The third-order valence-electron chi connectivity index (χ3n) is 1.74. The molecule has 1 heterocycles. The molecule has 1 atom stereocenters. The van der Waals surface area contributed by atoms with Gasteiger partial charge in [-0.05, 0) is 12.7 Å². The summed E-state index contributed by atoms with van der Waals surface area (Å²) in [5, 5.41) is 3.00. The van der Waals surface area contributed by atoms with Crippen LogP contribution in [0.1, 0.15) is 6.42 Å². The van der Waals surface area contributed by atoms with Crippen molar-refractivity contribution in [1.29, 1.82) is 0 Å². The van der Waals surface area contributed by atoms with E-state index in [1.54, 1.807) is 0 Å². The van der Waals surface area contributed by atoms with Gasteiger partial charge in [0.2, 0.25) is 0 Å². The normalized spacial score (nSPS) is 26.9. The van der Waals surface area contributed by atoms with Gasteiger partial charge in [-0.25, -0.2) is 8.42 Å². The summed E-state index contributed by atoms with van der Waals surface area (Å²) in [5.74, 6) is 0.523. The van der Waals surface area contributed by atoms with Crippen LogP contribution in [-0.2, 0) is 9.84 Å². The van der Waals surface area contributed by atoms with Crippen molar-refractivity contribution in [2.75, 3.05) is 17.8 Å². The minimum absolute atomic E-state index is 0.0370. The molecule has 1 rings (SSSR count). The van der Waals surface area contributed by atoms with Gasteiger partial charge < -0.3 is 5.32 Å². The first-order chi connectivity index (χ1) is 5.53. The van der Waals surface area contributed by atoms with E-state index in [0.29, 0.717) is 16.5 Å².